The van der Waals surface area contributed by atoms with Gasteiger partial charge in [0.05, 0.1) is 21.6 Å². The number of benzene rings is 1. The van der Waals surface area contributed by atoms with E-state index in [4.69, 9.17) is 0 Å². The minimum Gasteiger partial charge on any atom is -0.330 e. The Hall–Kier alpha value is -1.94. The molecule has 0 bridgehead atoms. The summed E-state index contributed by atoms with van der Waals surface area (Å²) < 4.78 is 1.19. The van der Waals surface area contributed by atoms with Crippen LogP contribution in [0.15, 0.2) is 42.6 Å². The van der Waals surface area contributed by atoms with Crippen molar-refractivity contribution in [3.05, 3.63) is 48.3 Å². The van der Waals surface area contributed by atoms with Crippen LogP contribution in [0.5, 0.6) is 0 Å². The Morgan fingerprint density at radius 1 is 1.12 bits per heavy atom. The summed E-state index contributed by atoms with van der Waals surface area (Å²) in [5.41, 5.74) is 3.01. The summed E-state index contributed by atoms with van der Waals surface area (Å²) in [5, 5.41) is 4.21. The molecule has 0 aliphatic carbocycles. The highest BCUT2D eigenvalue weighted by atomic mass is 32.1. The van der Waals surface area contributed by atoms with Crippen molar-refractivity contribution in [3.8, 4) is 0 Å². The van der Waals surface area contributed by atoms with Crippen molar-refractivity contribution < 1.29 is 0 Å². The molecule has 2 heterocycles. The molecule has 3 aromatic rings. The highest BCUT2D eigenvalue weighted by Crippen LogP contribution is 2.28. The number of rotatable bonds is 2. The molecule has 0 saturated carbocycles. The predicted octanol–water partition coefficient (Wildman–Crippen LogP) is 3.74. The molecule has 1 N–H and O–H groups in total. The minimum absolute atomic E-state index is 0.905. The first-order chi connectivity index (χ1) is 8.33. The molecule has 3 nitrogen and oxygen atoms in total. The van der Waals surface area contributed by atoms with E-state index < -0.39 is 0 Å². The number of anilines is 2. The minimum atomic E-state index is 0.905. The molecule has 4 heteroatoms. The molecular weight excluding hydrogens is 230 g/mol. The van der Waals surface area contributed by atoms with Crippen molar-refractivity contribution in [1.29, 1.82) is 0 Å². The lowest BCUT2D eigenvalue weighted by molar-refractivity contribution is 1.20. The molecule has 17 heavy (non-hydrogen) atoms. The monoisotopic (exact) mass is 241 g/mol. The zero-order valence-electron chi connectivity index (χ0n) is 9.34. The van der Waals surface area contributed by atoms with E-state index in [1.165, 1.54) is 4.70 Å². The number of pyridine rings is 1. The molecule has 3 rings (SSSR count). The van der Waals surface area contributed by atoms with Gasteiger partial charge in [-0.1, -0.05) is 23.5 Å². The summed E-state index contributed by atoms with van der Waals surface area (Å²) in [6, 6.07) is 12.1. The van der Waals surface area contributed by atoms with Crippen molar-refractivity contribution in [3.63, 3.8) is 0 Å². The lowest BCUT2D eigenvalue weighted by Crippen LogP contribution is -1.93. The second-order valence-corrected chi connectivity index (χ2v) is 4.78. The van der Waals surface area contributed by atoms with Crippen LogP contribution < -0.4 is 5.32 Å². The molecule has 0 saturated heterocycles. The summed E-state index contributed by atoms with van der Waals surface area (Å²) in [7, 11) is 0. The third kappa shape index (κ3) is 1.99. The maximum Gasteiger partial charge on any atom is 0.188 e. The van der Waals surface area contributed by atoms with Gasteiger partial charge >= 0.3 is 0 Å². The van der Waals surface area contributed by atoms with Crippen LogP contribution in [0.2, 0.25) is 0 Å². The van der Waals surface area contributed by atoms with E-state index in [0.29, 0.717) is 0 Å². The Balaban J connectivity index is 1.98. The van der Waals surface area contributed by atoms with Crippen molar-refractivity contribution in [2.45, 2.75) is 6.92 Å². The van der Waals surface area contributed by atoms with Crippen LogP contribution in [0.25, 0.3) is 10.2 Å². The molecule has 2 aromatic heterocycles. The Morgan fingerprint density at radius 3 is 2.82 bits per heavy atom. The summed E-state index contributed by atoms with van der Waals surface area (Å²) in [4.78, 5) is 8.77. The number of para-hydroxylation sites is 1. The average molecular weight is 241 g/mol. The second-order valence-electron chi connectivity index (χ2n) is 3.75. The van der Waals surface area contributed by atoms with Crippen LogP contribution in [0.1, 0.15) is 5.69 Å². The smallest absolute Gasteiger partial charge is 0.188 e. The van der Waals surface area contributed by atoms with E-state index in [0.717, 1.165) is 22.0 Å². The van der Waals surface area contributed by atoms with Gasteiger partial charge < -0.3 is 5.32 Å². The molecule has 1 aromatic carbocycles. The molecule has 0 amide bonds. The Labute approximate surface area is 103 Å². The quantitative estimate of drug-likeness (QED) is 0.742. The second kappa shape index (κ2) is 4.14. The maximum atomic E-state index is 4.53. The van der Waals surface area contributed by atoms with E-state index in [1.54, 1.807) is 17.5 Å². The third-order valence-electron chi connectivity index (χ3n) is 2.54. The molecule has 0 aliphatic heterocycles. The van der Waals surface area contributed by atoms with Gasteiger partial charge in [-0.2, -0.15) is 0 Å². The van der Waals surface area contributed by atoms with Gasteiger partial charge in [0.25, 0.3) is 0 Å². The summed E-state index contributed by atoms with van der Waals surface area (Å²) >= 11 is 1.65. The van der Waals surface area contributed by atoms with Gasteiger partial charge in [-0.05, 0) is 31.2 Å². The standard InChI is InChI=1S/C13H11N3S/c1-9-10(6-4-8-14-9)15-13-16-11-5-2-3-7-12(11)17-13/h2-8H,1H3,(H,15,16). The molecule has 0 radical (unpaired) electrons. The molecular formula is C13H11N3S. The molecule has 0 atom stereocenters. The van der Waals surface area contributed by atoms with Gasteiger partial charge in [-0.3, -0.25) is 4.98 Å². The maximum absolute atomic E-state index is 4.53. The number of thiazole rings is 1. The van der Waals surface area contributed by atoms with Crippen LogP contribution in [0, 0.1) is 6.92 Å². The number of hydrogen-bond donors (Lipinski definition) is 1. The van der Waals surface area contributed by atoms with E-state index in [9.17, 15) is 0 Å². The fraction of sp³-hybridized carbons (Fsp3) is 0.0769. The SMILES string of the molecule is Cc1ncccc1Nc1nc2ccccc2s1. The third-order valence-corrected chi connectivity index (χ3v) is 3.49. The van der Waals surface area contributed by atoms with E-state index in [2.05, 4.69) is 21.4 Å². The average Bonchev–Trinajstić information content (AvgIpc) is 2.74. The molecule has 0 aliphatic rings. The van der Waals surface area contributed by atoms with Crippen LogP contribution >= 0.6 is 11.3 Å². The van der Waals surface area contributed by atoms with Gasteiger partial charge in [0.15, 0.2) is 5.13 Å². The highest BCUT2D eigenvalue weighted by Gasteiger charge is 2.04. The zero-order chi connectivity index (χ0) is 11.7. The Kier molecular flexibility index (Phi) is 2.49. The highest BCUT2D eigenvalue weighted by molar-refractivity contribution is 7.22. The van der Waals surface area contributed by atoms with E-state index >= 15 is 0 Å². The predicted molar refractivity (Wildman–Crippen MR) is 71.9 cm³/mol. The van der Waals surface area contributed by atoms with Crippen molar-refractivity contribution in [2.24, 2.45) is 0 Å². The number of fused-ring (bicyclic) bond motifs is 1. The lowest BCUT2D eigenvalue weighted by atomic mass is 10.3. The summed E-state index contributed by atoms with van der Waals surface area (Å²) in [6.45, 7) is 1.98. The number of aryl methyl sites for hydroxylation is 1. The number of hydrogen-bond acceptors (Lipinski definition) is 4. The van der Waals surface area contributed by atoms with Crippen molar-refractivity contribution in [2.75, 3.05) is 5.32 Å². The zero-order valence-corrected chi connectivity index (χ0v) is 10.2. The summed E-state index contributed by atoms with van der Waals surface area (Å²) in [5.74, 6) is 0. The molecule has 84 valence electrons. The largest absolute Gasteiger partial charge is 0.330 e. The van der Waals surface area contributed by atoms with Crippen LogP contribution in [-0.4, -0.2) is 9.97 Å². The van der Waals surface area contributed by atoms with Gasteiger partial charge in [-0.15, -0.1) is 0 Å². The van der Waals surface area contributed by atoms with Crippen LogP contribution in [0.3, 0.4) is 0 Å². The summed E-state index contributed by atoms with van der Waals surface area (Å²) in [6.07, 6.45) is 1.79. The van der Waals surface area contributed by atoms with Gasteiger partial charge in [0.2, 0.25) is 0 Å². The first-order valence-corrected chi connectivity index (χ1v) is 6.19. The van der Waals surface area contributed by atoms with Gasteiger partial charge in [0, 0.05) is 6.20 Å². The fourth-order valence-electron chi connectivity index (χ4n) is 1.66. The number of aromatic nitrogens is 2. The van der Waals surface area contributed by atoms with Gasteiger partial charge in [0.1, 0.15) is 0 Å². The number of nitrogens with zero attached hydrogens (tertiary/aromatic N) is 2. The normalized spacial score (nSPS) is 10.6. The van der Waals surface area contributed by atoms with E-state index in [1.807, 2.05) is 37.3 Å². The van der Waals surface area contributed by atoms with Crippen molar-refractivity contribution in [1.82, 2.24) is 9.97 Å². The lowest BCUT2D eigenvalue weighted by Gasteiger charge is -2.04. The van der Waals surface area contributed by atoms with Crippen LogP contribution in [0.4, 0.5) is 10.8 Å². The fourth-order valence-corrected chi connectivity index (χ4v) is 2.54. The van der Waals surface area contributed by atoms with Crippen molar-refractivity contribution >= 4 is 32.4 Å². The Morgan fingerprint density at radius 2 is 2.00 bits per heavy atom. The van der Waals surface area contributed by atoms with E-state index in [-0.39, 0.29) is 0 Å². The Bertz CT molecular complexity index is 627. The van der Waals surface area contributed by atoms with Gasteiger partial charge in [-0.25, -0.2) is 4.98 Å². The van der Waals surface area contributed by atoms with Crippen LogP contribution in [-0.2, 0) is 0 Å². The molecule has 0 spiro atoms. The first-order valence-electron chi connectivity index (χ1n) is 5.37. The first kappa shape index (κ1) is 10.2. The molecule has 0 unspecified atom stereocenters. The number of nitrogens with one attached hydrogen (secondary N) is 1. The molecule has 0 fully saturated rings. The topological polar surface area (TPSA) is 37.8 Å².